The van der Waals surface area contributed by atoms with Gasteiger partial charge in [-0.2, -0.15) is 0 Å². The third kappa shape index (κ3) is 5.04. The van der Waals surface area contributed by atoms with Crippen LogP contribution in [0.3, 0.4) is 0 Å². The number of para-hydroxylation sites is 1. The molecule has 0 spiro atoms. The van der Waals surface area contributed by atoms with Gasteiger partial charge >= 0.3 is 0 Å². The molecule has 0 radical (unpaired) electrons. The molecule has 1 aromatic carbocycles. The van der Waals surface area contributed by atoms with Gasteiger partial charge in [0.2, 0.25) is 5.91 Å². The molecule has 3 aromatic heterocycles. The zero-order valence-corrected chi connectivity index (χ0v) is 18.9. The number of nitrogens with zero attached hydrogens (tertiary/aromatic N) is 7. The number of carbonyl (C=O) groups is 1. The quantitative estimate of drug-likeness (QED) is 0.238. The van der Waals surface area contributed by atoms with Crippen molar-refractivity contribution in [3.05, 3.63) is 35.6 Å². The first-order chi connectivity index (χ1) is 16.1. The maximum absolute atomic E-state index is 11.8. The van der Waals surface area contributed by atoms with Crippen LogP contribution in [0.5, 0.6) is 5.75 Å². The maximum Gasteiger partial charge on any atom is 0.251 e. The second-order valence-electron chi connectivity index (χ2n) is 7.19. The highest BCUT2D eigenvalue weighted by Gasteiger charge is 2.22. The van der Waals surface area contributed by atoms with Gasteiger partial charge < -0.3 is 20.1 Å². The molecule has 0 saturated heterocycles. The van der Waals surface area contributed by atoms with Gasteiger partial charge in [-0.05, 0) is 18.6 Å². The molecule has 4 aromatic rings. The number of hydrogen-bond acceptors (Lipinski definition) is 10. The summed E-state index contributed by atoms with van der Waals surface area (Å²) in [5.41, 5.74) is 3.62. The number of aliphatic hydroxyl groups excluding tert-OH is 1. The molecule has 172 valence electrons. The van der Waals surface area contributed by atoms with Gasteiger partial charge in [-0.3, -0.25) is 4.79 Å². The van der Waals surface area contributed by atoms with E-state index in [9.17, 15) is 9.90 Å². The van der Waals surface area contributed by atoms with Gasteiger partial charge in [0, 0.05) is 24.4 Å². The summed E-state index contributed by atoms with van der Waals surface area (Å²) in [4.78, 5) is 15.1. The minimum Gasteiger partial charge on any atom is -0.467 e. The molecule has 3 N–H and O–H groups in total. The Kier molecular flexibility index (Phi) is 7.00. The number of amides is 1. The number of nitrogens with one attached hydrogen (secondary N) is 2. The molecule has 1 unspecified atom stereocenters. The second-order valence-corrected chi connectivity index (χ2v) is 8.00. The van der Waals surface area contributed by atoms with Crippen molar-refractivity contribution >= 4 is 33.7 Å². The summed E-state index contributed by atoms with van der Waals surface area (Å²) in [5, 5.41) is 37.9. The fourth-order valence-electron chi connectivity index (χ4n) is 3.17. The van der Waals surface area contributed by atoms with E-state index in [-0.39, 0.29) is 11.8 Å². The molecule has 0 saturated carbocycles. The molecule has 0 aliphatic rings. The van der Waals surface area contributed by atoms with E-state index in [1.165, 1.54) is 16.0 Å². The number of hydrogen-bond donors (Lipinski definition) is 3. The Balaban J connectivity index is 1.72. The lowest BCUT2D eigenvalue weighted by molar-refractivity contribution is -0.121. The Morgan fingerprint density at radius 1 is 1.33 bits per heavy atom. The highest BCUT2D eigenvalue weighted by atomic mass is 32.1. The van der Waals surface area contributed by atoms with Gasteiger partial charge in [0.25, 0.3) is 5.13 Å². The molecule has 1 atom stereocenters. The van der Waals surface area contributed by atoms with E-state index in [2.05, 4.69) is 40.9 Å². The van der Waals surface area contributed by atoms with E-state index in [1.807, 2.05) is 26.0 Å². The summed E-state index contributed by atoms with van der Waals surface area (Å²) in [5.74, 6) is 1.03. The fourth-order valence-corrected chi connectivity index (χ4v) is 3.54. The summed E-state index contributed by atoms with van der Waals surface area (Å²) < 4.78 is 6.79. The minimum atomic E-state index is -0.478. The van der Waals surface area contributed by atoms with Crippen LogP contribution in [0.4, 0.5) is 10.8 Å². The SMILES string of the molecule is CCCC(=O)NCC(C)c1nn2nc(-c3ccccc3OCO)c(N=Nc3nncs3)c2[nH]1. The Morgan fingerprint density at radius 3 is 2.94 bits per heavy atom. The first kappa shape index (κ1) is 22.5. The number of carbonyl (C=O) groups excluding carboxylic acids is 1. The number of aromatic nitrogens is 6. The van der Waals surface area contributed by atoms with Crippen molar-refractivity contribution in [2.24, 2.45) is 10.2 Å². The molecule has 0 aliphatic heterocycles. The van der Waals surface area contributed by atoms with Crippen LogP contribution in [0.15, 0.2) is 40.0 Å². The van der Waals surface area contributed by atoms with Crippen molar-refractivity contribution in [2.45, 2.75) is 32.6 Å². The van der Waals surface area contributed by atoms with Crippen LogP contribution in [0.1, 0.15) is 38.4 Å². The molecule has 0 fully saturated rings. The zero-order chi connectivity index (χ0) is 23.2. The predicted molar refractivity (Wildman–Crippen MR) is 121 cm³/mol. The van der Waals surface area contributed by atoms with Gasteiger partial charge in [0.1, 0.15) is 22.8 Å². The normalized spacial score (nSPS) is 12.5. The van der Waals surface area contributed by atoms with E-state index in [1.54, 1.807) is 17.6 Å². The lowest BCUT2D eigenvalue weighted by Crippen LogP contribution is -2.27. The summed E-state index contributed by atoms with van der Waals surface area (Å²) >= 11 is 1.25. The van der Waals surface area contributed by atoms with Crippen LogP contribution >= 0.6 is 11.3 Å². The summed E-state index contributed by atoms with van der Waals surface area (Å²) in [6.07, 6.45) is 1.28. The van der Waals surface area contributed by atoms with Crippen molar-refractivity contribution in [1.29, 1.82) is 0 Å². The van der Waals surface area contributed by atoms with Crippen molar-refractivity contribution in [2.75, 3.05) is 13.3 Å². The fraction of sp³-hybridized carbons (Fsp3) is 0.350. The molecular weight excluding hydrogens is 446 g/mol. The lowest BCUT2D eigenvalue weighted by atomic mass is 10.1. The standard InChI is InChI=1S/C20H23N9O3S/c1-3-6-15(31)21-9-12(2)18-23-19-17(24-26-20-25-22-10-33-20)16(27-29(19)28-18)13-7-4-5-8-14(13)32-11-30/h4-5,7-8,10,12,30H,3,6,9,11H2,1-2H3,(H,21,31)(H,23,28). The number of fused-ring (bicyclic) bond motifs is 1. The highest BCUT2D eigenvalue weighted by Crippen LogP contribution is 2.38. The van der Waals surface area contributed by atoms with E-state index >= 15 is 0 Å². The number of rotatable bonds is 10. The Hall–Kier alpha value is -3.71. The number of ether oxygens (including phenoxy) is 1. The van der Waals surface area contributed by atoms with Gasteiger partial charge in [0.15, 0.2) is 18.1 Å². The second kappa shape index (κ2) is 10.3. The largest absolute Gasteiger partial charge is 0.467 e. The average molecular weight is 470 g/mol. The summed E-state index contributed by atoms with van der Waals surface area (Å²) in [7, 11) is 0. The molecular formula is C20H23N9O3S. The van der Waals surface area contributed by atoms with Crippen molar-refractivity contribution in [1.82, 2.24) is 35.3 Å². The van der Waals surface area contributed by atoms with Crippen LogP contribution in [0.2, 0.25) is 0 Å². The number of aliphatic hydroxyl groups is 1. The number of H-pyrrole nitrogens is 1. The van der Waals surface area contributed by atoms with Crippen molar-refractivity contribution in [3.63, 3.8) is 0 Å². The zero-order valence-electron chi connectivity index (χ0n) is 18.1. The third-order valence-corrected chi connectivity index (χ3v) is 5.36. The van der Waals surface area contributed by atoms with Crippen LogP contribution in [0.25, 0.3) is 16.9 Å². The van der Waals surface area contributed by atoms with E-state index < -0.39 is 6.79 Å². The number of azo groups is 1. The summed E-state index contributed by atoms with van der Waals surface area (Å²) in [6, 6.07) is 7.16. The van der Waals surface area contributed by atoms with Crippen LogP contribution in [0, 0.1) is 0 Å². The molecule has 13 heteroatoms. The Morgan fingerprint density at radius 2 is 2.18 bits per heavy atom. The Labute approximate surface area is 192 Å². The Bertz CT molecular complexity index is 1250. The molecule has 3 heterocycles. The van der Waals surface area contributed by atoms with Crippen LogP contribution < -0.4 is 10.1 Å². The first-order valence-electron chi connectivity index (χ1n) is 10.4. The van der Waals surface area contributed by atoms with Gasteiger partial charge in [0.05, 0.1) is 0 Å². The highest BCUT2D eigenvalue weighted by molar-refractivity contribution is 7.13. The topological polar surface area (TPSA) is 155 Å². The smallest absolute Gasteiger partial charge is 0.251 e. The van der Waals surface area contributed by atoms with Gasteiger partial charge in [-0.1, -0.05) is 37.3 Å². The molecule has 4 rings (SSSR count). The predicted octanol–water partition coefficient (Wildman–Crippen LogP) is 3.34. The van der Waals surface area contributed by atoms with Gasteiger partial charge in [-0.15, -0.1) is 35.3 Å². The molecule has 0 aliphatic carbocycles. The summed E-state index contributed by atoms with van der Waals surface area (Å²) in [6.45, 7) is 3.88. The maximum atomic E-state index is 11.8. The number of aromatic amines is 1. The molecule has 0 bridgehead atoms. The van der Waals surface area contributed by atoms with Crippen molar-refractivity contribution < 1.29 is 14.6 Å². The van der Waals surface area contributed by atoms with E-state index in [0.717, 1.165) is 6.42 Å². The van der Waals surface area contributed by atoms with Crippen LogP contribution in [-0.2, 0) is 4.79 Å². The third-order valence-electron chi connectivity index (χ3n) is 4.79. The molecule has 1 amide bonds. The molecule has 12 nitrogen and oxygen atoms in total. The molecule has 33 heavy (non-hydrogen) atoms. The lowest BCUT2D eigenvalue weighted by Gasteiger charge is -2.09. The first-order valence-corrected chi connectivity index (χ1v) is 11.2. The number of benzene rings is 1. The van der Waals surface area contributed by atoms with Crippen molar-refractivity contribution in [3.8, 4) is 17.0 Å². The van der Waals surface area contributed by atoms with Gasteiger partial charge in [-0.25, -0.2) is 0 Å². The van der Waals surface area contributed by atoms with E-state index in [4.69, 9.17) is 4.74 Å². The van der Waals surface area contributed by atoms with E-state index in [0.29, 0.717) is 52.3 Å². The van der Waals surface area contributed by atoms with Crippen LogP contribution in [-0.4, -0.2) is 54.4 Å². The minimum absolute atomic E-state index is 0.00927. The monoisotopic (exact) mass is 469 g/mol. The average Bonchev–Trinajstić information content (AvgIpc) is 3.54.